The Bertz CT molecular complexity index is 626. The van der Waals surface area contributed by atoms with E-state index in [0.717, 1.165) is 16.8 Å². The summed E-state index contributed by atoms with van der Waals surface area (Å²) in [4.78, 5) is 11.8. The minimum atomic E-state index is -0.188. The molecular formula is C16H16ClNO2. The lowest BCUT2D eigenvalue weighted by Crippen LogP contribution is -2.20. The molecule has 0 aliphatic rings. The van der Waals surface area contributed by atoms with E-state index in [9.17, 15) is 4.79 Å². The zero-order chi connectivity index (χ0) is 14.5. The molecule has 1 amide bonds. The van der Waals surface area contributed by atoms with Crippen molar-refractivity contribution in [3.05, 3.63) is 58.6 Å². The van der Waals surface area contributed by atoms with Crippen LogP contribution in [0.25, 0.3) is 0 Å². The molecule has 0 aliphatic carbocycles. The highest BCUT2D eigenvalue weighted by atomic mass is 35.5. The van der Waals surface area contributed by atoms with Crippen LogP contribution in [0.15, 0.2) is 42.5 Å². The number of amides is 1. The van der Waals surface area contributed by atoms with Crippen LogP contribution in [-0.2, 0) is 4.79 Å². The van der Waals surface area contributed by atoms with Gasteiger partial charge in [-0.25, -0.2) is 0 Å². The largest absolute Gasteiger partial charge is 0.484 e. The molecule has 4 heteroatoms. The number of anilines is 1. The number of hydrogen-bond acceptors (Lipinski definition) is 2. The normalized spacial score (nSPS) is 10.2. The first-order valence-corrected chi connectivity index (χ1v) is 6.68. The molecule has 3 nitrogen and oxygen atoms in total. The fraction of sp³-hybridized carbons (Fsp3) is 0.188. The van der Waals surface area contributed by atoms with E-state index in [0.29, 0.717) is 10.8 Å². The molecule has 0 radical (unpaired) electrons. The summed E-state index contributed by atoms with van der Waals surface area (Å²) in [5.41, 5.74) is 2.74. The third-order valence-corrected chi connectivity index (χ3v) is 3.34. The number of halogens is 1. The van der Waals surface area contributed by atoms with E-state index < -0.39 is 0 Å². The Kier molecular flexibility index (Phi) is 4.64. The van der Waals surface area contributed by atoms with Gasteiger partial charge < -0.3 is 10.1 Å². The molecule has 0 heterocycles. The Balaban J connectivity index is 1.92. The second-order valence-electron chi connectivity index (χ2n) is 4.56. The van der Waals surface area contributed by atoms with E-state index in [4.69, 9.17) is 16.3 Å². The predicted octanol–water partition coefficient (Wildman–Crippen LogP) is 3.97. The molecule has 0 unspecified atom stereocenters. The lowest BCUT2D eigenvalue weighted by atomic mass is 10.2. The first-order valence-electron chi connectivity index (χ1n) is 6.30. The highest BCUT2D eigenvalue weighted by Gasteiger charge is 2.06. The van der Waals surface area contributed by atoms with E-state index in [-0.39, 0.29) is 12.5 Å². The molecule has 0 saturated heterocycles. The maximum Gasteiger partial charge on any atom is 0.262 e. The third kappa shape index (κ3) is 3.75. The van der Waals surface area contributed by atoms with Crippen molar-refractivity contribution in [2.75, 3.05) is 11.9 Å². The van der Waals surface area contributed by atoms with Crippen LogP contribution in [0, 0.1) is 13.8 Å². The number of nitrogens with one attached hydrogen (secondary N) is 1. The smallest absolute Gasteiger partial charge is 0.262 e. The van der Waals surface area contributed by atoms with Crippen molar-refractivity contribution in [3.63, 3.8) is 0 Å². The highest BCUT2D eigenvalue weighted by molar-refractivity contribution is 6.31. The minimum absolute atomic E-state index is 0.0323. The number of para-hydroxylation sites is 1. The van der Waals surface area contributed by atoms with E-state index >= 15 is 0 Å². The van der Waals surface area contributed by atoms with Crippen molar-refractivity contribution in [2.45, 2.75) is 13.8 Å². The summed E-state index contributed by atoms with van der Waals surface area (Å²) in [6.07, 6.45) is 0. The average molecular weight is 290 g/mol. The molecule has 20 heavy (non-hydrogen) atoms. The van der Waals surface area contributed by atoms with Gasteiger partial charge in [0, 0.05) is 10.7 Å². The van der Waals surface area contributed by atoms with Gasteiger partial charge in [0.15, 0.2) is 6.61 Å². The van der Waals surface area contributed by atoms with E-state index in [1.165, 1.54) is 0 Å². The summed E-state index contributed by atoms with van der Waals surface area (Å²) < 4.78 is 5.45. The van der Waals surface area contributed by atoms with Gasteiger partial charge in [0.25, 0.3) is 5.91 Å². The van der Waals surface area contributed by atoms with Gasteiger partial charge in [-0.3, -0.25) is 4.79 Å². The molecule has 0 aliphatic heterocycles. The van der Waals surface area contributed by atoms with Crippen LogP contribution in [-0.4, -0.2) is 12.5 Å². The van der Waals surface area contributed by atoms with Crippen molar-refractivity contribution in [1.29, 1.82) is 0 Å². The van der Waals surface area contributed by atoms with Gasteiger partial charge in [-0.05, 0) is 49.2 Å². The van der Waals surface area contributed by atoms with Crippen LogP contribution < -0.4 is 10.1 Å². The molecular weight excluding hydrogens is 274 g/mol. The van der Waals surface area contributed by atoms with E-state index in [2.05, 4.69) is 5.32 Å². The quantitative estimate of drug-likeness (QED) is 0.925. The van der Waals surface area contributed by atoms with Crippen molar-refractivity contribution in [1.82, 2.24) is 0 Å². The fourth-order valence-corrected chi connectivity index (χ4v) is 1.87. The Hall–Kier alpha value is -2.00. The SMILES string of the molecule is Cc1cc(OCC(=O)Nc2ccccc2C)ccc1Cl. The lowest BCUT2D eigenvalue weighted by Gasteiger charge is -2.10. The highest BCUT2D eigenvalue weighted by Crippen LogP contribution is 2.21. The Labute approximate surface area is 123 Å². The molecule has 0 atom stereocenters. The van der Waals surface area contributed by atoms with Crippen LogP contribution >= 0.6 is 11.6 Å². The maximum absolute atomic E-state index is 11.8. The van der Waals surface area contributed by atoms with Gasteiger partial charge in [0.05, 0.1) is 0 Å². The molecule has 2 aromatic rings. The molecule has 2 aromatic carbocycles. The number of carbonyl (C=O) groups is 1. The Morgan fingerprint density at radius 1 is 1.15 bits per heavy atom. The Morgan fingerprint density at radius 3 is 2.60 bits per heavy atom. The van der Waals surface area contributed by atoms with Crippen molar-refractivity contribution in [2.24, 2.45) is 0 Å². The second kappa shape index (κ2) is 6.44. The van der Waals surface area contributed by atoms with Gasteiger partial charge in [-0.2, -0.15) is 0 Å². The van der Waals surface area contributed by atoms with Crippen LogP contribution in [0.3, 0.4) is 0 Å². The average Bonchev–Trinajstić information content (AvgIpc) is 2.43. The number of ether oxygens (including phenoxy) is 1. The van der Waals surface area contributed by atoms with Gasteiger partial charge in [0.2, 0.25) is 0 Å². The van der Waals surface area contributed by atoms with E-state index in [1.807, 2.05) is 44.2 Å². The first-order chi connectivity index (χ1) is 9.56. The zero-order valence-corrected chi connectivity index (χ0v) is 12.2. The van der Waals surface area contributed by atoms with Crippen LogP contribution in [0.4, 0.5) is 5.69 Å². The second-order valence-corrected chi connectivity index (χ2v) is 4.97. The standard InChI is InChI=1S/C16H16ClNO2/c1-11-5-3-4-6-15(11)18-16(19)10-20-13-7-8-14(17)12(2)9-13/h3-9H,10H2,1-2H3,(H,18,19). The molecule has 2 rings (SSSR count). The zero-order valence-electron chi connectivity index (χ0n) is 11.4. The van der Waals surface area contributed by atoms with E-state index in [1.54, 1.807) is 12.1 Å². The van der Waals surface area contributed by atoms with Crippen molar-refractivity contribution in [3.8, 4) is 5.75 Å². The summed E-state index contributed by atoms with van der Waals surface area (Å²) in [5, 5.41) is 3.50. The molecule has 0 bridgehead atoms. The first kappa shape index (κ1) is 14.4. The molecule has 0 fully saturated rings. The number of rotatable bonds is 4. The lowest BCUT2D eigenvalue weighted by molar-refractivity contribution is -0.118. The summed E-state index contributed by atoms with van der Waals surface area (Å²) in [6, 6.07) is 12.9. The van der Waals surface area contributed by atoms with Crippen LogP contribution in [0.5, 0.6) is 5.75 Å². The summed E-state index contributed by atoms with van der Waals surface area (Å²) in [6.45, 7) is 3.80. The molecule has 0 saturated carbocycles. The van der Waals surface area contributed by atoms with Crippen LogP contribution in [0.1, 0.15) is 11.1 Å². The Morgan fingerprint density at radius 2 is 1.90 bits per heavy atom. The van der Waals surface area contributed by atoms with Crippen LogP contribution in [0.2, 0.25) is 5.02 Å². The van der Waals surface area contributed by atoms with Crippen molar-refractivity contribution >= 4 is 23.2 Å². The summed E-state index contributed by atoms with van der Waals surface area (Å²) in [7, 11) is 0. The van der Waals surface area contributed by atoms with Crippen molar-refractivity contribution < 1.29 is 9.53 Å². The molecule has 0 spiro atoms. The molecule has 104 valence electrons. The van der Waals surface area contributed by atoms with Gasteiger partial charge in [-0.1, -0.05) is 29.8 Å². The number of hydrogen-bond donors (Lipinski definition) is 1. The van der Waals surface area contributed by atoms with Gasteiger partial charge in [0.1, 0.15) is 5.75 Å². The number of benzene rings is 2. The minimum Gasteiger partial charge on any atom is -0.484 e. The predicted molar refractivity (Wildman–Crippen MR) is 81.5 cm³/mol. The monoisotopic (exact) mass is 289 g/mol. The molecule has 0 aromatic heterocycles. The molecule has 1 N–H and O–H groups in total. The van der Waals surface area contributed by atoms with Gasteiger partial charge in [-0.15, -0.1) is 0 Å². The number of aryl methyl sites for hydroxylation is 2. The number of carbonyl (C=O) groups excluding carboxylic acids is 1. The maximum atomic E-state index is 11.8. The summed E-state index contributed by atoms with van der Waals surface area (Å²) >= 11 is 5.93. The summed E-state index contributed by atoms with van der Waals surface area (Å²) in [5.74, 6) is 0.443. The van der Waals surface area contributed by atoms with Gasteiger partial charge >= 0.3 is 0 Å². The fourth-order valence-electron chi connectivity index (χ4n) is 1.76. The third-order valence-electron chi connectivity index (χ3n) is 2.92. The topological polar surface area (TPSA) is 38.3 Å².